The van der Waals surface area contributed by atoms with Crippen LogP contribution in [0.25, 0.3) is 0 Å². The average Bonchev–Trinajstić information content (AvgIpc) is 3.17. The van der Waals surface area contributed by atoms with Gasteiger partial charge < -0.3 is 10.6 Å². The highest BCUT2D eigenvalue weighted by atomic mass is 32.2. The van der Waals surface area contributed by atoms with Gasteiger partial charge in [0.25, 0.3) is 0 Å². The van der Waals surface area contributed by atoms with Gasteiger partial charge in [0.15, 0.2) is 15.7 Å². The van der Waals surface area contributed by atoms with Gasteiger partial charge in [-0.15, -0.1) is 0 Å². The van der Waals surface area contributed by atoms with Crippen LogP contribution in [-0.2, 0) is 38.1 Å². The summed E-state index contributed by atoms with van der Waals surface area (Å²) in [6.07, 6.45) is 1.95. The molecule has 0 bridgehead atoms. The van der Waals surface area contributed by atoms with E-state index in [0.29, 0.717) is 17.1 Å². The Morgan fingerprint density at radius 3 is 2.50 bits per heavy atom. The third-order valence-corrected chi connectivity index (χ3v) is 5.81. The molecule has 1 aromatic carbocycles. The number of nitrogens with one attached hydrogen (secondary N) is 2. The minimum Gasteiger partial charge on any atom is -0.318 e. The molecule has 9 heteroatoms. The molecule has 0 saturated carbocycles. The van der Waals surface area contributed by atoms with E-state index in [4.69, 9.17) is 0 Å². The Morgan fingerprint density at radius 1 is 1.15 bits per heavy atom. The van der Waals surface area contributed by atoms with Crippen LogP contribution in [-0.4, -0.2) is 35.8 Å². The molecule has 2 heterocycles. The molecule has 1 aromatic heterocycles. The number of benzene rings is 1. The quantitative estimate of drug-likeness (QED) is 0.765. The minimum absolute atomic E-state index is 0.0524. The van der Waals surface area contributed by atoms with Crippen LogP contribution in [0.3, 0.4) is 0 Å². The zero-order chi connectivity index (χ0) is 18.7. The summed E-state index contributed by atoms with van der Waals surface area (Å²) < 4.78 is 25.0. The molecule has 2 amide bonds. The third-order valence-electron chi connectivity index (χ3n) is 4.15. The van der Waals surface area contributed by atoms with Crippen LogP contribution in [0, 0.1) is 0 Å². The van der Waals surface area contributed by atoms with E-state index < -0.39 is 21.7 Å². The van der Waals surface area contributed by atoms with Gasteiger partial charge >= 0.3 is 11.8 Å². The minimum atomic E-state index is -3.12. The number of hydrogen-bond acceptors (Lipinski definition) is 5. The Bertz CT molecular complexity index is 911. The number of sulfone groups is 1. The van der Waals surface area contributed by atoms with Crippen molar-refractivity contribution < 1.29 is 18.0 Å². The van der Waals surface area contributed by atoms with Crippen molar-refractivity contribution in [2.24, 2.45) is 0 Å². The van der Waals surface area contributed by atoms with Crippen LogP contribution < -0.4 is 10.6 Å². The van der Waals surface area contributed by atoms with Crippen molar-refractivity contribution in [1.82, 2.24) is 9.78 Å². The van der Waals surface area contributed by atoms with Gasteiger partial charge in [-0.3, -0.25) is 14.3 Å². The zero-order valence-electron chi connectivity index (χ0n) is 14.4. The smallest absolute Gasteiger partial charge is 0.315 e. The summed E-state index contributed by atoms with van der Waals surface area (Å²) in [5.74, 6) is -1.24. The van der Waals surface area contributed by atoms with Crippen molar-refractivity contribution in [3.63, 3.8) is 0 Å². The molecule has 1 aliphatic heterocycles. The highest BCUT2D eigenvalue weighted by Gasteiger charge is 2.19. The molecule has 0 saturated heterocycles. The molecule has 138 valence electrons. The lowest BCUT2D eigenvalue weighted by Crippen LogP contribution is -2.29. The van der Waals surface area contributed by atoms with Gasteiger partial charge in [-0.05, 0) is 30.5 Å². The average molecular weight is 376 g/mol. The lowest BCUT2D eigenvalue weighted by atomic mass is 10.2. The van der Waals surface area contributed by atoms with Crippen molar-refractivity contribution in [3.05, 3.63) is 41.6 Å². The van der Waals surface area contributed by atoms with Gasteiger partial charge in [0.05, 0.1) is 5.75 Å². The molecule has 0 aliphatic carbocycles. The standard InChI is InChI=1S/C17H20N4O4S/c1-2-26(24,25)11-12-5-7-13(8-6-12)18-16(22)17(23)19-15-10-14-4-3-9-21(14)20-15/h5-8,10H,2-4,9,11H2,1H3,(H,18,22)(H,19,20,23). The van der Waals surface area contributed by atoms with E-state index in [1.807, 2.05) is 4.68 Å². The first-order valence-electron chi connectivity index (χ1n) is 8.35. The molecule has 2 N–H and O–H groups in total. The molecule has 1 aliphatic rings. The fourth-order valence-corrected chi connectivity index (χ4v) is 3.63. The van der Waals surface area contributed by atoms with Crippen molar-refractivity contribution in [1.29, 1.82) is 0 Å². The zero-order valence-corrected chi connectivity index (χ0v) is 15.2. The number of hydrogen-bond donors (Lipinski definition) is 2. The summed E-state index contributed by atoms with van der Waals surface area (Å²) in [6.45, 7) is 2.41. The third kappa shape index (κ3) is 4.29. The maximum Gasteiger partial charge on any atom is 0.315 e. The molecule has 3 rings (SSSR count). The Balaban J connectivity index is 1.57. The molecule has 0 radical (unpaired) electrons. The highest BCUT2D eigenvalue weighted by Crippen LogP contribution is 2.18. The van der Waals surface area contributed by atoms with E-state index in [1.54, 1.807) is 37.3 Å². The summed E-state index contributed by atoms with van der Waals surface area (Å²) in [5.41, 5.74) is 2.08. The van der Waals surface area contributed by atoms with E-state index in [9.17, 15) is 18.0 Å². The fraction of sp³-hybridized carbons (Fsp3) is 0.353. The van der Waals surface area contributed by atoms with Gasteiger partial charge in [0, 0.05) is 29.7 Å². The topological polar surface area (TPSA) is 110 Å². The first-order chi connectivity index (χ1) is 12.4. The number of aromatic nitrogens is 2. The maximum absolute atomic E-state index is 12.0. The van der Waals surface area contributed by atoms with Crippen LogP contribution in [0.4, 0.5) is 11.5 Å². The summed E-state index contributed by atoms with van der Waals surface area (Å²) in [5, 5.41) is 9.18. The number of carbonyl (C=O) groups excluding carboxylic acids is 2. The predicted molar refractivity (Wildman–Crippen MR) is 97.4 cm³/mol. The lowest BCUT2D eigenvalue weighted by Gasteiger charge is -2.06. The molecule has 26 heavy (non-hydrogen) atoms. The normalized spacial score (nSPS) is 13.3. The van der Waals surface area contributed by atoms with Crippen LogP contribution in [0.15, 0.2) is 30.3 Å². The van der Waals surface area contributed by atoms with Gasteiger partial charge in [-0.1, -0.05) is 19.1 Å². The molecule has 0 unspecified atom stereocenters. The molecule has 8 nitrogen and oxygen atoms in total. The predicted octanol–water partition coefficient (Wildman–Crippen LogP) is 1.34. The van der Waals surface area contributed by atoms with E-state index in [1.165, 1.54) is 0 Å². The number of fused-ring (bicyclic) bond motifs is 1. The number of aryl methyl sites for hydroxylation is 2. The lowest BCUT2D eigenvalue weighted by molar-refractivity contribution is -0.133. The number of nitrogens with zero attached hydrogens (tertiary/aromatic N) is 2. The van der Waals surface area contributed by atoms with E-state index in [0.717, 1.165) is 25.1 Å². The van der Waals surface area contributed by atoms with Gasteiger partial charge in [0.1, 0.15) is 0 Å². The monoisotopic (exact) mass is 376 g/mol. The van der Waals surface area contributed by atoms with Crippen molar-refractivity contribution >= 4 is 33.2 Å². The molecular weight excluding hydrogens is 356 g/mol. The van der Waals surface area contributed by atoms with E-state index in [2.05, 4.69) is 15.7 Å². The van der Waals surface area contributed by atoms with Crippen LogP contribution in [0.2, 0.25) is 0 Å². The molecule has 0 atom stereocenters. The summed E-state index contributed by atoms with van der Waals surface area (Å²) >= 11 is 0. The second kappa shape index (κ2) is 7.28. The molecule has 0 fully saturated rings. The summed E-state index contributed by atoms with van der Waals surface area (Å²) in [7, 11) is -3.12. The number of rotatable bonds is 5. The number of amides is 2. The number of carbonyl (C=O) groups is 2. The Kier molecular flexibility index (Phi) is 5.08. The largest absolute Gasteiger partial charge is 0.318 e. The SMILES string of the molecule is CCS(=O)(=O)Cc1ccc(NC(=O)C(=O)Nc2cc3n(n2)CCC3)cc1. The van der Waals surface area contributed by atoms with Crippen molar-refractivity contribution in [2.45, 2.75) is 32.1 Å². The Hall–Kier alpha value is -2.68. The van der Waals surface area contributed by atoms with E-state index >= 15 is 0 Å². The second-order valence-corrected chi connectivity index (χ2v) is 8.48. The Morgan fingerprint density at radius 2 is 1.85 bits per heavy atom. The molecule has 2 aromatic rings. The molecular formula is C17H20N4O4S. The summed E-state index contributed by atoms with van der Waals surface area (Å²) in [6, 6.07) is 8.12. The van der Waals surface area contributed by atoms with Crippen molar-refractivity contribution in [3.8, 4) is 0 Å². The van der Waals surface area contributed by atoms with Crippen LogP contribution in [0.5, 0.6) is 0 Å². The van der Waals surface area contributed by atoms with Crippen LogP contribution >= 0.6 is 0 Å². The van der Waals surface area contributed by atoms with Crippen LogP contribution in [0.1, 0.15) is 24.6 Å². The first kappa shape index (κ1) is 18.1. The number of anilines is 2. The Labute approximate surface area is 151 Å². The van der Waals surface area contributed by atoms with E-state index in [-0.39, 0.29) is 11.5 Å². The van der Waals surface area contributed by atoms with Gasteiger partial charge in [-0.2, -0.15) is 5.10 Å². The molecule has 0 spiro atoms. The van der Waals surface area contributed by atoms with Crippen molar-refractivity contribution in [2.75, 3.05) is 16.4 Å². The fourth-order valence-electron chi connectivity index (χ4n) is 2.72. The summed E-state index contributed by atoms with van der Waals surface area (Å²) in [4.78, 5) is 24.0. The van der Waals surface area contributed by atoms with Gasteiger partial charge in [-0.25, -0.2) is 8.42 Å². The maximum atomic E-state index is 12.0. The van der Waals surface area contributed by atoms with Gasteiger partial charge in [0.2, 0.25) is 0 Å². The first-order valence-corrected chi connectivity index (χ1v) is 10.2. The highest BCUT2D eigenvalue weighted by molar-refractivity contribution is 7.90. The second-order valence-electron chi connectivity index (χ2n) is 6.13.